The minimum absolute atomic E-state index is 0.0776. The average molecular weight is 1060 g/mol. The Balaban J connectivity index is 0.882. The number of nitrogens with zero attached hydrogens (tertiary/aromatic N) is 5. The van der Waals surface area contributed by atoms with E-state index in [0.29, 0.717) is 42.8 Å². The van der Waals surface area contributed by atoms with Gasteiger partial charge in [0.1, 0.15) is 41.0 Å². The minimum Gasteiger partial charge on any atom is -0.454 e. The first-order valence-electron chi connectivity index (χ1n) is 26.5. The van der Waals surface area contributed by atoms with E-state index in [1.807, 2.05) is 113 Å². The molecule has 4 N–H and O–H groups in total. The molecule has 5 amide bonds. The summed E-state index contributed by atoms with van der Waals surface area (Å²) in [5.74, 6) is 1.97. The van der Waals surface area contributed by atoms with E-state index in [9.17, 15) is 24.0 Å². The van der Waals surface area contributed by atoms with Crippen molar-refractivity contribution in [3.63, 3.8) is 0 Å². The highest BCUT2D eigenvalue weighted by molar-refractivity contribution is 5.88. The Hall–Kier alpha value is -7.57. The fourth-order valence-electron chi connectivity index (χ4n) is 10.3. The van der Waals surface area contributed by atoms with E-state index >= 15 is 0 Å². The van der Waals surface area contributed by atoms with Crippen molar-refractivity contribution in [1.82, 2.24) is 45.3 Å². The number of carbonyl (C=O) groups is 5. The Labute approximate surface area is 450 Å². The number of likely N-dealkylation sites (tertiary alicyclic amines) is 2. The van der Waals surface area contributed by atoms with Gasteiger partial charge in [-0.05, 0) is 105 Å². The Bertz CT molecular complexity index is 2980. The largest absolute Gasteiger partial charge is 0.454 e. The molecule has 5 aromatic rings. The lowest BCUT2D eigenvalue weighted by Gasteiger charge is -2.35. The molecule has 2 fully saturated rings. The summed E-state index contributed by atoms with van der Waals surface area (Å²) in [4.78, 5) is 90.3. The molecule has 0 bridgehead atoms. The SMILES string of the molecule is CC(C)(C)OC(=O)N[C@H](C(=O)N1CCC[C@H]1c1nc(-c2ccc(-c3ccc(-c4cnc([C@@H]5C[C@@H](OC(=O)N6Cc7cc8c(cc7C6)OCO8)CN5C(=O)[C@@H](NC(=O)OC(C)(C)C)C(C)(C)C)[nH]4)cc3)cc2)c[nH]1)C(C)(C)C. The second-order valence-electron chi connectivity index (χ2n) is 24.7. The molecule has 0 radical (unpaired) electrons. The molecule has 19 heteroatoms. The van der Waals surface area contributed by atoms with E-state index in [0.717, 1.165) is 57.6 Å². The van der Waals surface area contributed by atoms with Gasteiger partial charge in [0.15, 0.2) is 11.5 Å². The molecule has 0 spiro atoms. The van der Waals surface area contributed by atoms with Crippen LogP contribution in [0.3, 0.4) is 0 Å². The highest BCUT2D eigenvalue weighted by atomic mass is 16.7. The Kier molecular flexibility index (Phi) is 14.6. The van der Waals surface area contributed by atoms with Crippen molar-refractivity contribution in [1.29, 1.82) is 0 Å². The van der Waals surface area contributed by atoms with Gasteiger partial charge in [-0.2, -0.15) is 0 Å². The van der Waals surface area contributed by atoms with E-state index in [1.165, 1.54) is 0 Å². The molecule has 4 aliphatic rings. The number of aromatic amines is 2. The van der Waals surface area contributed by atoms with Crippen molar-refractivity contribution in [2.75, 3.05) is 19.9 Å². The summed E-state index contributed by atoms with van der Waals surface area (Å²) in [7, 11) is 0. The first-order chi connectivity index (χ1) is 36.2. The second-order valence-corrected chi connectivity index (χ2v) is 24.7. The van der Waals surface area contributed by atoms with Crippen LogP contribution < -0.4 is 20.1 Å². The molecule has 0 saturated carbocycles. The van der Waals surface area contributed by atoms with Crippen LogP contribution in [0.25, 0.3) is 33.6 Å². The Morgan fingerprint density at radius 3 is 1.73 bits per heavy atom. The number of imidazole rings is 2. The average Bonchev–Trinajstić information content (AvgIpc) is 4.31. The van der Waals surface area contributed by atoms with Gasteiger partial charge in [-0.1, -0.05) is 90.1 Å². The van der Waals surface area contributed by atoms with Gasteiger partial charge in [-0.3, -0.25) is 14.5 Å². The summed E-state index contributed by atoms with van der Waals surface area (Å²) in [6.07, 6.45) is 2.89. The molecule has 5 atom stereocenters. The van der Waals surface area contributed by atoms with Crippen molar-refractivity contribution < 1.29 is 47.7 Å². The van der Waals surface area contributed by atoms with Crippen molar-refractivity contribution in [2.45, 2.75) is 157 Å². The summed E-state index contributed by atoms with van der Waals surface area (Å²) < 4.78 is 28.4. The lowest BCUT2D eigenvalue weighted by atomic mass is 9.85. The first-order valence-corrected chi connectivity index (χ1v) is 26.5. The van der Waals surface area contributed by atoms with Crippen molar-refractivity contribution in [2.24, 2.45) is 10.8 Å². The number of alkyl carbamates (subject to hydrolysis) is 2. The monoisotopic (exact) mass is 1060 g/mol. The maximum Gasteiger partial charge on any atom is 0.410 e. The number of benzene rings is 3. The molecule has 77 heavy (non-hydrogen) atoms. The van der Waals surface area contributed by atoms with Gasteiger partial charge in [0.2, 0.25) is 18.6 Å². The van der Waals surface area contributed by atoms with E-state index in [4.69, 9.17) is 33.7 Å². The van der Waals surface area contributed by atoms with Crippen LogP contribution in [0.1, 0.15) is 137 Å². The van der Waals surface area contributed by atoms with Crippen LogP contribution in [-0.4, -0.2) is 114 Å². The third kappa shape index (κ3) is 12.3. The van der Waals surface area contributed by atoms with Crippen LogP contribution in [-0.2, 0) is 36.9 Å². The summed E-state index contributed by atoms with van der Waals surface area (Å²) >= 11 is 0. The predicted molar refractivity (Wildman–Crippen MR) is 287 cm³/mol. The van der Waals surface area contributed by atoms with Crippen LogP contribution in [0.2, 0.25) is 0 Å². The number of hydrogen-bond donors (Lipinski definition) is 4. The highest BCUT2D eigenvalue weighted by Crippen LogP contribution is 2.41. The van der Waals surface area contributed by atoms with E-state index in [2.05, 4.69) is 20.6 Å². The molecule has 4 aliphatic heterocycles. The van der Waals surface area contributed by atoms with Crippen molar-refractivity contribution in [3.05, 3.63) is 95.8 Å². The Morgan fingerprint density at radius 2 is 1.19 bits per heavy atom. The van der Waals surface area contributed by atoms with Crippen LogP contribution in [0.15, 0.2) is 73.1 Å². The molecule has 6 heterocycles. The standard InChI is InChI=1S/C58H73N9O10/c1-55(2,3)46(63-52(70)76-57(7,8)9)50(68)66-23-13-14-42(66)48-59-27-40(61-48)35-19-15-33(16-20-35)34-17-21-36(22-18-34)41-28-60-49(62-41)43-26-39(31-67(43)51(69)47(56(4,5)6)64-53(71)77-58(10,11)12)75-54(72)65-29-37-24-44-45(74-32-73-44)25-38(37)30-65/h15-22,24-25,27-28,39,42-43,46-47H,13-14,23,26,29-32H2,1-12H3,(H,59,61)(H,60,62)(H,63,70)(H,64,71)/t39-,42+,43+,46-,47-/m1/s1. The third-order valence-corrected chi connectivity index (χ3v) is 14.1. The van der Waals surface area contributed by atoms with Gasteiger partial charge in [0.25, 0.3) is 0 Å². The first kappa shape index (κ1) is 54.2. The molecule has 9 rings (SSSR count). The molecule has 3 aromatic carbocycles. The number of fused-ring (bicyclic) bond motifs is 2. The number of ether oxygens (including phenoxy) is 5. The zero-order valence-electron chi connectivity index (χ0n) is 46.3. The van der Waals surface area contributed by atoms with Crippen LogP contribution in [0, 0.1) is 10.8 Å². The summed E-state index contributed by atoms with van der Waals surface area (Å²) in [6.45, 7) is 23.5. The Morgan fingerprint density at radius 1 is 0.675 bits per heavy atom. The highest BCUT2D eigenvalue weighted by Gasteiger charge is 2.47. The number of aromatic nitrogens is 4. The number of amides is 5. The molecule has 410 valence electrons. The van der Waals surface area contributed by atoms with Gasteiger partial charge in [-0.25, -0.2) is 24.4 Å². The minimum atomic E-state index is -0.981. The quantitative estimate of drug-likeness (QED) is 0.0960. The fraction of sp³-hybridized carbons (Fsp3) is 0.500. The van der Waals surface area contributed by atoms with Gasteiger partial charge < -0.3 is 54.1 Å². The second kappa shape index (κ2) is 20.8. The van der Waals surface area contributed by atoms with Gasteiger partial charge in [0.05, 0.1) is 36.2 Å². The van der Waals surface area contributed by atoms with Crippen molar-refractivity contribution >= 4 is 30.1 Å². The maximum absolute atomic E-state index is 14.8. The van der Waals surface area contributed by atoms with Crippen LogP contribution in [0.5, 0.6) is 11.5 Å². The number of nitrogens with one attached hydrogen (secondary N) is 4. The van der Waals surface area contributed by atoms with Gasteiger partial charge in [-0.15, -0.1) is 0 Å². The third-order valence-electron chi connectivity index (χ3n) is 14.1. The molecule has 2 saturated heterocycles. The molecular formula is C58H73N9O10. The van der Waals surface area contributed by atoms with E-state index in [-0.39, 0.29) is 37.6 Å². The summed E-state index contributed by atoms with van der Waals surface area (Å²) in [6, 6.07) is 17.4. The van der Waals surface area contributed by atoms with Crippen LogP contribution in [0.4, 0.5) is 14.4 Å². The number of carbonyl (C=O) groups excluding carboxylic acids is 5. The van der Waals surface area contributed by atoms with Gasteiger partial charge >= 0.3 is 18.3 Å². The van der Waals surface area contributed by atoms with Crippen molar-refractivity contribution in [3.8, 4) is 45.1 Å². The smallest absolute Gasteiger partial charge is 0.410 e. The summed E-state index contributed by atoms with van der Waals surface area (Å²) in [5, 5.41) is 5.68. The van der Waals surface area contributed by atoms with Gasteiger partial charge in [0, 0.05) is 37.8 Å². The van der Waals surface area contributed by atoms with E-state index in [1.54, 1.807) is 57.5 Å². The molecule has 0 aliphatic carbocycles. The molecule has 0 unspecified atom stereocenters. The summed E-state index contributed by atoms with van der Waals surface area (Å²) in [5.41, 5.74) is 4.39. The number of hydrogen-bond acceptors (Lipinski definition) is 12. The van der Waals surface area contributed by atoms with Crippen LogP contribution >= 0.6 is 0 Å². The van der Waals surface area contributed by atoms with E-state index < -0.39 is 64.5 Å². The maximum atomic E-state index is 14.8. The molecular weight excluding hydrogens is 983 g/mol. The lowest BCUT2D eigenvalue weighted by Crippen LogP contribution is -2.55. The zero-order valence-corrected chi connectivity index (χ0v) is 46.3. The normalized spacial score (nSPS) is 19.2. The number of H-pyrrole nitrogens is 2. The predicted octanol–water partition coefficient (Wildman–Crippen LogP) is 10.2. The zero-order chi connectivity index (χ0) is 55.4. The molecule has 19 nitrogen and oxygen atoms in total. The molecule has 2 aromatic heterocycles. The number of rotatable bonds is 10. The lowest BCUT2D eigenvalue weighted by molar-refractivity contribution is -0.138. The fourth-order valence-corrected chi connectivity index (χ4v) is 10.3. The topological polar surface area (TPSA) is 223 Å².